The molecule has 0 spiro atoms. The van der Waals surface area contributed by atoms with Gasteiger partial charge in [0.25, 0.3) is 5.91 Å². The van der Waals surface area contributed by atoms with E-state index >= 15 is 0 Å². The van der Waals surface area contributed by atoms with Gasteiger partial charge in [0.15, 0.2) is 15.6 Å². The van der Waals surface area contributed by atoms with Gasteiger partial charge in [0.1, 0.15) is 0 Å². The van der Waals surface area contributed by atoms with E-state index in [1.54, 1.807) is 0 Å². The maximum absolute atomic E-state index is 11.9. The number of amides is 1. The van der Waals surface area contributed by atoms with Crippen LogP contribution in [0.15, 0.2) is 22.6 Å². The van der Waals surface area contributed by atoms with Crippen molar-refractivity contribution in [3.63, 3.8) is 0 Å². The first-order chi connectivity index (χ1) is 9.29. The number of Topliss-reactive ketones (excluding diaryl/α,β-unsaturated/α-hetero) is 1. The molecule has 20 heavy (non-hydrogen) atoms. The van der Waals surface area contributed by atoms with Crippen molar-refractivity contribution in [1.82, 2.24) is 20.2 Å². The lowest BCUT2D eigenvalue weighted by molar-refractivity contribution is -0.119. The molecule has 1 aromatic heterocycles. The minimum atomic E-state index is -3.44. The summed E-state index contributed by atoms with van der Waals surface area (Å²) in [5.74, 6) is -1.17. The predicted molar refractivity (Wildman–Crippen MR) is 68.1 cm³/mol. The summed E-state index contributed by atoms with van der Waals surface area (Å²) in [5, 5.41) is 12.8. The van der Waals surface area contributed by atoms with E-state index in [1.165, 1.54) is 23.9 Å². The zero-order valence-corrected chi connectivity index (χ0v) is 11.5. The normalized spacial score (nSPS) is 15.6. The first kappa shape index (κ1) is 14.1. The molecule has 106 valence electrons. The summed E-state index contributed by atoms with van der Waals surface area (Å²) >= 11 is 0. The molecule has 0 radical (unpaired) electrons. The molecule has 2 rings (SSSR count). The van der Waals surface area contributed by atoms with Crippen LogP contribution in [0.4, 0.5) is 5.95 Å². The number of anilines is 1. The summed E-state index contributed by atoms with van der Waals surface area (Å²) in [6, 6.07) is 0. The average molecular weight is 297 g/mol. The molecular formula is C10H11N5O4S. The van der Waals surface area contributed by atoms with Gasteiger partial charge in [0.2, 0.25) is 5.95 Å². The highest BCUT2D eigenvalue weighted by Crippen LogP contribution is 2.20. The monoisotopic (exact) mass is 297 g/mol. The second kappa shape index (κ2) is 4.96. The van der Waals surface area contributed by atoms with Crippen LogP contribution < -0.4 is 5.32 Å². The van der Waals surface area contributed by atoms with Gasteiger partial charge in [-0.3, -0.25) is 14.9 Å². The molecule has 1 aliphatic rings. The molecule has 0 aromatic carbocycles. The van der Waals surface area contributed by atoms with Crippen molar-refractivity contribution in [3.8, 4) is 0 Å². The highest BCUT2D eigenvalue weighted by atomic mass is 32.2. The van der Waals surface area contributed by atoms with Crippen LogP contribution in [0.1, 0.15) is 6.42 Å². The van der Waals surface area contributed by atoms with Crippen molar-refractivity contribution < 1.29 is 18.0 Å². The number of rotatable bonds is 3. The van der Waals surface area contributed by atoms with E-state index in [9.17, 15) is 18.0 Å². The molecule has 0 aliphatic heterocycles. The number of carbonyl (C=O) groups excluding carboxylic acids is 2. The van der Waals surface area contributed by atoms with Gasteiger partial charge in [-0.1, -0.05) is 5.10 Å². The number of aryl methyl sites for hydroxylation is 1. The molecule has 0 saturated carbocycles. The first-order valence-corrected chi connectivity index (χ1v) is 7.36. The Morgan fingerprint density at radius 3 is 2.60 bits per heavy atom. The number of ketones is 1. The number of hydrogen-bond donors (Lipinski definition) is 1. The third kappa shape index (κ3) is 2.79. The van der Waals surface area contributed by atoms with Crippen LogP contribution in [0.3, 0.4) is 0 Å². The quantitative estimate of drug-likeness (QED) is 0.708. The van der Waals surface area contributed by atoms with Crippen LogP contribution in [0.25, 0.3) is 0 Å². The smallest absolute Gasteiger partial charge is 0.261 e. The lowest BCUT2D eigenvalue weighted by Gasteiger charge is -2.11. The van der Waals surface area contributed by atoms with Crippen LogP contribution in [-0.2, 0) is 26.5 Å². The minimum absolute atomic E-state index is 0.0145. The van der Waals surface area contributed by atoms with Crippen LogP contribution in [0.2, 0.25) is 0 Å². The van der Waals surface area contributed by atoms with Crippen LogP contribution >= 0.6 is 0 Å². The molecule has 9 nitrogen and oxygen atoms in total. The number of aromatic nitrogens is 4. The van der Waals surface area contributed by atoms with Crippen LogP contribution in [0.5, 0.6) is 0 Å². The molecular weight excluding hydrogens is 286 g/mol. The van der Waals surface area contributed by atoms with Crippen LogP contribution in [-0.4, -0.2) is 46.6 Å². The van der Waals surface area contributed by atoms with E-state index in [-0.39, 0.29) is 22.8 Å². The fourth-order valence-electron chi connectivity index (χ4n) is 1.54. The van der Waals surface area contributed by atoms with E-state index in [1.807, 2.05) is 0 Å². The Morgan fingerprint density at radius 2 is 2.10 bits per heavy atom. The minimum Gasteiger partial charge on any atom is -0.294 e. The lowest BCUT2D eigenvalue weighted by Crippen LogP contribution is -2.25. The summed E-state index contributed by atoms with van der Waals surface area (Å²) in [7, 11) is -1.91. The predicted octanol–water partition coefficient (Wildman–Crippen LogP) is -1.02. The Hall–Kier alpha value is -2.36. The Labute approximate surface area is 114 Å². The fourth-order valence-corrected chi connectivity index (χ4v) is 2.25. The lowest BCUT2D eigenvalue weighted by atomic mass is 10.0. The van der Waals surface area contributed by atoms with Gasteiger partial charge in [-0.25, -0.2) is 13.1 Å². The molecule has 1 N–H and O–H groups in total. The highest BCUT2D eigenvalue weighted by molar-refractivity contribution is 7.94. The second-order valence-corrected chi connectivity index (χ2v) is 6.23. The van der Waals surface area contributed by atoms with Crippen molar-refractivity contribution in [3.05, 3.63) is 22.6 Å². The Bertz CT molecular complexity index is 743. The van der Waals surface area contributed by atoms with Crippen molar-refractivity contribution in [2.45, 2.75) is 6.42 Å². The number of carbonyl (C=O) groups is 2. The molecule has 1 aliphatic carbocycles. The molecule has 0 fully saturated rings. The summed E-state index contributed by atoms with van der Waals surface area (Å²) in [6.45, 7) is 0. The number of hydrogen-bond acceptors (Lipinski definition) is 7. The summed E-state index contributed by atoms with van der Waals surface area (Å²) < 4.78 is 23.9. The summed E-state index contributed by atoms with van der Waals surface area (Å²) in [4.78, 5) is 23.7. The van der Waals surface area contributed by atoms with E-state index in [4.69, 9.17) is 0 Å². The van der Waals surface area contributed by atoms with E-state index in [2.05, 4.69) is 20.8 Å². The van der Waals surface area contributed by atoms with E-state index in [0.717, 1.165) is 6.26 Å². The molecule has 0 atom stereocenters. The summed E-state index contributed by atoms with van der Waals surface area (Å²) in [5.41, 5.74) is -0.139. The topological polar surface area (TPSA) is 124 Å². The highest BCUT2D eigenvalue weighted by Gasteiger charge is 2.26. The van der Waals surface area contributed by atoms with Gasteiger partial charge >= 0.3 is 0 Å². The van der Waals surface area contributed by atoms with Gasteiger partial charge in [0.05, 0.1) is 10.5 Å². The number of allylic oxidation sites excluding steroid dienone is 3. The van der Waals surface area contributed by atoms with Crippen molar-refractivity contribution in [2.24, 2.45) is 7.05 Å². The molecule has 1 heterocycles. The van der Waals surface area contributed by atoms with Crippen molar-refractivity contribution >= 4 is 27.5 Å². The van der Waals surface area contributed by atoms with Gasteiger partial charge < -0.3 is 0 Å². The van der Waals surface area contributed by atoms with Crippen molar-refractivity contribution in [1.29, 1.82) is 0 Å². The number of sulfone groups is 1. The van der Waals surface area contributed by atoms with E-state index in [0.29, 0.717) is 0 Å². The van der Waals surface area contributed by atoms with Gasteiger partial charge in [0, 0.05) is 19.7 Å². The number of nitrogens with zero attached hydrogens (tertiary/aromatic N) is 4. The average Bonchev–Trinajstić information content (AvgIpc) is 2.73. The van der Waals surface area contributed by atoms with E-state index < -0.39 is 21.5 Å². The van der Waals surface area contributed by atoms with Gasteiger partial charge in [-0.2, -0.15) is 0 Å². The largest absolute Gasteiger partial charge is 0.294 e. The van der Waals surface area contributed by atoms with Gasteiger partial charge in [-0.15, -0.1) is 0 Å². The zero-order valence-electron chi connectivity index (χ0n) is 10.7. The molecule has 0 unspecified atom stereocenters. The molecule has 1 amide bonds. The standard InChI is InChI=1S/C10H11N5O4S/c1-15-10(12-13-14-15)11-9(17)7-4-3-6(5-8(7)16)20(2,18)19/h3-4H,5H2,1-2H3,(H,11,12,14,17). The SMILES string of the molecule is Cn1nnnc1NC(=O)C1=CC=C(S(C)(=O)=O)CC1=O. The third-order valence-electron chi connectivity index (χ3n) is 2.64. The maximum Gasteiger partial charge on any atom is 0.261 e. The summed E-state index contributed by atoms with van der Waals surface area (Å²) in [6.07, 6.45) is 3.12. The zero-order chi connectivity index (χ0) is 14.9. The maximum atomic E-state index is 11.9. The Kier molecular flexibility index (Phi) is 3.49. The number of nitrogens with one attached hydrogen (secondary N) is 1. The second-order valence-electron chi connectivity index (χ2n) is 4.17. The first-order valence-electron chi connectivity index (χ1n) is 5.47. The van der Waals surface area contributed by atoms with Gasteiger partial charge in [-0.05, 0) is 22.6 Å². The Morgan fingerprint density at radius 1 is 1.40 bits per heavy atom. The molecule has 1 aromatic rings. The fraction of sp³-hybridized carbons (Fsp3) is 0.300. The molecule has 0 bridgehead atoms. The van der Waals surface area contributed by atoms with Crippen LogP contribution in [0, 0.1) is 0 Å². The molecule has 0 saturated heterocycles. The number of tetrazole rings is 1. The third-order valence-corrected chi connectivity index (χ3v) is 3.87. The molecule has 10 heteroatoms. The Balaban J connectivity index is 2.23. The van der Waals surface area contributed by atoms with Crippen molar-refractivity contribution in [2.75, 3.05) is 11.6 Å².